The van der Waals surface area contributed by atoms with Gasteiger partial charge < -0.3 is 19.4 Å². The van der Waals surface area contributed by atoms with E-state index in [1.165, 1.54) is 16.8 Å². The predicted molar refractivity (Wildman–Crippen MR) is 111 cm³/mol. The van der Waals surface area contributed by atoms with Gasteiger partial charge in [0, 0.05) is 44.5 Å². The highest BCUT2D eigenvalue weighted by molar-refractivity contribution is 5.54. The zero-order valence-corrected chi connectivity index (χ0v) is 17.5. The number of hydrogen-bond donors (Lipinski definition) is 0. The van der Waals surface area contributed by atoms with Gasteiger partial charge in [0.05, 0.1) is 18.3 Å². The van der Waals surface area contributed by atoms with Crippen LogP contribution >= 0.6 is 0 Å². The van der Waals surface area contributed by atoms with Gasteiger partial charge >= 0.3 is 0 Å². The molecule has 0 amide bonds. The molecule has 0 aromatic carbocycles. The number of fused-ring (bicyclic) bond motifs is 1. The van der Waals surface area contributed by atoms with Crippen LogP contribution in [0.4, 0.5) is 11.6 Å². The van der Waals surface area contributed by atoms with E-state index in [2.05, 4.69) is 64.7 Å². The van der Waals surface area contributed by atoms with Crippen molar-refractivity contribution >= 4 is 11.6 Å². The van der Waals surface area contributed by atoms with E-state index >= 15 is 0 Å². The molecule has 0 unspecified atom stereocenters. The van der Waals surface area contributed by atoms with Gasteiger partial charge in [-0.05, 0) is 51.6 Å². The van der Waals surface area contributed by atoms with Crippen molar-refractivity contribution < 1.29 is 4.74 Å². The van der Waals surface area contributed by atoms with Gasteiger partial charge in [-0.2, -0.15) is 0 Å². The molecule has 0 radical (unpaired) electrons. The minimum atomic E-state index is 0.245. The number of aryl methyl sites for hydroxylation is 2. The van der Waals surface area contributed by atoms with Crippen LogP contribution in [0.3, 0.4) is 0 Å². The summed E-state index contributed by atoms with van der Waals surface area (Å²) in [5, 5.41) is 0. The first-order chi connectivity index (χ1) is 13.4. The summed E-state index contributed by atoms with van der Waals surface area (Å²) in [6, 6.07) is 4.67. The Kier molecular flexibility index (Phi) is 5.21. The molecule has 0 N–H and O–H groups in total. The summed E-state index contributed by atoms with van der Waals surface area (Å²) in [7, 11) is 6.02. The molecule has 2 aromatic heterocycles. The highest BCUT2D eigenvalue weighted by atomic mass is 16.5. The van der Waals surface area contributed by atoms with Crippen LogP contribution in [-0.4, -0.2) is 66.3 Å². The van der Waals surface area contributed by atoms with Crippen molar-refractivity contribution in [2.45, 2.75) is 45.5 Å². The number of likely N-dealkylation sites (N-methyl/N-ethyl adjacent to an activating group) is 1. The highest BCUT2D eigenvalue weighted by Crippen LogP contribution is 2.32. The fourth-order valence-corrected chi connectivity index (χ4v) is 4.46. The van der Waals surface area contributed by atoms with E-state index in [9.17, 15) is 0 Å². The second-order valence-corrected chi connectivity index (χ2v) is 8.26. The Hall–Kier alpha value is -2.25. The molecule has 1 saturated heterocycles. The van der Waals surface area contributed by atoms with E-state index in [1.54, 1.807) is 13.4 Å². The van der Waals surface area contributed by atoms with Gasteiger partial charge in [-0.3, -0.25) is 4.98 Å². The van der Waals surface area contributed by atoms with Crippen molar-refractivity contribution in [1.29, 1.82) is 0 Å². The van der Waals surface area contributed by atoms with Crippen molar-refractivity contribution in [3.63, 3.8) is 0 Å². The molecule has 4 heterocycles. The molecule has 150 valence electrons. The number of methoxy groups -OCH3 is 1. The molecule has 0 saturated carbocycles. The van der Waals surface area contributed by atoms with E-state index in [0.717, 1.165) is 49.9 Å². The maximum Gasteiger partial charge on any atom is 0.134 e. The van der Waals surface area contributed by atoms with Crippen LogP contribution in [0.2, 0.25) is 0 Å². The number of rotatable bonds is 5. The number of hydrogen-bond acceptors (Lipinski definition) is 7. The highest BCUT2D eigenvalue weighted by Gasteiger charge is 2.34. The SMILES string of the molecule is CO[C@H]1C[C@@H](CN(C)C)N(c2cc(N3Cc4nc(C)cc(C)c4C3)ncn2)C1. The van der Waals surface area contributed by atoms with Crippen molar-refractivity contribution in [2.75, 3.05) is 44.1 Å². The number of anilines is 2. The predicted octanol–water partition coefficient (Wildman–Crippen LogP) is 2.16. The topological polar surface area (TPSA) is 57.6 Å². The van der Waals surface area contributed by atoms with Gasteiger partial charge in [0.2, 0.25) is 0 Å². The smallest absolute Gasteiger partial charge is 0.134 e. The summed E-state index contributed by atoms with van der Waals surface area (Å²) in [4.78, 5) is 20.8. The first-order valence-electron chi connectivity index (χ1n) is 9.91. The fourth-order valence-electron chi connectivity index (χ4n) is 4.46. The number of aromatic nitrogens is 3. The van der Waals surface area contributed by atoms with Crippen LogP contribution in [0.25, 0.3) is 0 Å². The Balaban J connectivity index is 1.57. The normalized spacial score (nSPS) is 21.6. The molecule has 4 rings (SSSR count). The molecule has 2 aliphatic heterocycles. The Labute approximate surface area is 167 Å². The average molecular weight is 383 g/mol. The monoisotopic (exact) mass is 382 g/mol. The van der Waals surface area contributed by atoms with Crippen LogP contribution in [0.1, 0.15) is 28.9 Å². The summed E-state index contributed by atoms with van der Waals surface area (Å²) >= 11 is 0. The van der Waals surface area contributed by atoms with Crippen LogP contribution in [-0.2, 0) is 17.8 Å². The second-order valence-electron chi connectivity index (χ2n) is 8.26. The van der Waals surface area contributed by atoms with Crippen molar-refractivity contribution in [1.82, 2.24) is 19.9 Å². The molecular weight excluding hydrogens is 352 g/mol. The molecule has 7 nitrogen and oxygen atoms in total. The standard InChI is InChI=1S/C21H30N6O/c1-14-6-15(2)24-19-12-26(11-18(14)19)20-8-21(23-13-22-20)27-10-17(28-5)7-16(27)9-25(3)4/h6,8,13,16-17H,7,9-12H2,1-5H3/t16-,17-/m0/s1. The Morgan fingerprint density at radius 1 is 1.14 bits per heavy atom. The lowest BCUT2D eigenvalue weighted by Gasteiger charge is -2.28. The molecule has 2 aliphatic rings. The summed E-state index contributed by atoms with van der Waals surface area (Å²) in [5.41, 5.74) is 4.89. The van der Waals surface area contributed by atoms with Gasteiger partial charge in [0.1, 0.15) is 18.0 Å². The third-order valence-electron chi connectivity index (χ3n) is 5.79. The molecule has 0 spiro atoms. The van der Waals surface area contributed by atoms with Gasteiger partial charge in [-0.25, -0.2) is 9.97 Å². The minimum absolute atomic E-state index is 0.245. The third-order valence-corrected chi connectivity index (χ3v) is 5.79. The molecule has 0 bridgehead atoms. The van der Waals surface area contributed by atoms with Crippen LogP contribution < -0.4 is 9.80 Å². The lowest BCUT2D eigenvalue weighted by molar-refractivity contribution is 0.117. The van der Waals surface area contributed by atoms with Crippen LogP contribution in [0.15, 0.2) is 18.5 Å². The van der Waals surface area contributed by atoms with Crippen molar-refractivity contribution in [3.05, 3.63) is 41.0 Å². The second kappa shape index (κ2) is 7.64. The number of pyridine rings is 1. The fraction of sp³-hybridized carbons (Fsp3) is 0.571. The molecule has 0 aliphatic carbocycles. The van der Waals surface area contributed by atoms with Gasteiger partial charge in [0.15, 0.2) is 0 Å². The summed E-state index contributed by atoms with van der Waals surface area (Å²) in [6.07, 6.45) is 2.95. The maximum absolute atomic E-state index is 5.65. The molecule has 28 heavy (non-hydrogen) atoms. The van der Waals surface area contributed by atoms with Crippen molar-refractivity contribution in [2.24, 2.45) is 0 Å². The quantitative estimate of drug-likeness (QED) is 0.785. The molecule has 2 atom stereocenters. The van der Waals surface area contributed by atoms with Crippen molar-refractivity contribution in [3.8, 4) is 0 Å². The van der Waals surface area contributed by atoms with Gasteiger partial charge in [-0.15, -0.1) is 0 Å². The first kappa shape index (κ1) is 19.1. The van der Waals surface area contributed by atoms with E-state index < -0.39 is 0 Å². The Morgan fingerprint density at radius 2 is 1.93 bits per heavy atom. The zero-order chi connectivity index (χ0) is 19.8. The summed E-state index contributed by atoms with van der Waals surface area (Å²) < 4.78 is 5.65. The Bertz CT molecular complexity index is 855. The largest absolute Gasteiger partial charge is 0.380 e. The van der Waals surface area contributed by atoms with Crippen LogP contribution in [0.5, 0.6) is 0 Å². The lowest BCUT2D eigenvalue weighted by atomic mass is 10.1. The van der Waals surface area contributed by atoms with E-state index in [4.69, 9.17) is 9.72 Å². The van der Waals surface area contributed by atoms with E-state index in [-0.39, 0.29) is 6.10 Å². The van der Waals surface area contributed by atoms with Crippen LogP contribution in [0, 0.1) is 13.8 Å². The summed E-state index contributed by atoms with van der Waals surface area (Å²) in [5.74, 6) is 1.94. The average Bonchev–Trinajstić information content (AvgIpc) is 3.25. The van der Waals surface area contributed by atoms with Gasteiger partial charge in [-0.1, -0.05) is 0 Å². The summed E-state index contributed by atoms with van der Waals surface area (Å²) in [6.45, 7) is 7.73. The third kappa shape index (κ3) is 3.69. The van der Waals surface area contributed by atoms with E-state index in [0.29, 0.717) is 6.04 Å². The first-order valence-corrected chi connectivity index (χ1v) is 9.91. The molecule has 2 aromatic rings. The maximum atomic E-state index is 5.65. The molecule has 1 fully saturated rings. The minimum Gasteiger partial charge on any atom is -0.380 e. The number of ether oxygens (including phenoxy) is 1. The lowest BCUT2D eigenvalue weighted by Crippen LogP contribution is -2.38. The molecular formula is C21H30N6O. The Morgan fingerprint density at radius 3 is 2.68 bits per heavy atom. The zero-order valence-electron chi connectivity index (χ0n) is 17.5. The van der Waals surface area contributed by atoms with Gasteiger partial charge in [0.25, 0.3) is 0 Å². The molecule has 7 heteroatoms. The van der Waals surface area contributed by atoms with E-state index in [1.807, 2.05) is 0 Å². The number of nitrogens with zero attached hydrogens (tertiary/aromatic N) is 6.